The molecule has 1 N–H and O–H groups in total. The Kier molecular flexibility index (Phi) is 3.07. The number of nitrogens with zero attached hydrogens (tertiary/aromatic N) is 3. The van der Waals surface area contributed by atoms with Gasteiger partial charge in [0.1, 0.15) is 5.82 Å². The van der Waals surface area contributed by atoms with E-state index in [1.165, 1.54) is 12.8 Å². The van der Waals surface area contributed by atoms with E-state index in [-0.39, 0.29) is 5.91 Å². The first kappa shape index (κ1) is 11.7. The number of carbonyl (C=O) groups excluding carboxylic acids is 1. The molecule has 0 spiro atoms. The summed E-state index contributed by atoms with van der Waals surface area (Å²) in [5.41, 5.74) is 0.976. The quantitative estimate of drug-likeness (QED) is 0.855. The second kappa shape index (κ2) is 4.72. The molecule has 1 aliphatic carbocycles. The second-order valence-electron chi connectivity index (χ2n) is 5.50. The number of imidazole rings is 1. The van der Waals surface area contributed by atoms with Crippen LogP contribution in [0.25, 0.3) is 0 Å². The number of hydrogen-bond donors (Lipinski definition) is 1. The highest BCUT2D eigenvalue weighted by Gasteiger charge is 2.24. The lowest BCUT2D eigenvalue weighted by Crippen LogP contribution is -2.30. The molecule has 98 valence electrons. The highest BCUT2D eigenvalue weighted by molar-refractivity contribution is 5.76. The van der Waals surface area contributed by atoms with E-state index in [1.807, 2.05) is 0 Å². The van der Waals surface area contributed by atoms with Gasteiger partial charge < -0.3 is 9.88 Å². The Bertz CT molecular complexity index is 450. The van der Waals surface area contributed by atoms with Crippen molar-refractivity contribution in [2.45, 2.75) is 38.9 Å². The van der Waals surface area contributed by atoms with E-state index in [9.17, 15) is 4.79 Å². The van der Waals surface area contributed by atoms with Gasteiger partial charge in [0.05, 0.1) is 18.8 Å². The summed E-state index contributed by atoms with van der Waals surface area (Å²) in [6.07, 6.45) is 5.20. The number of rotatable bonds is 4. The third kappa shape index (κ3) is 2.72. The van der Waals surface area contributed by atoms with Crippen molar-refractivity contribution in [3.8, 4) is 0 Å². The highest BCUT2D eigenvalue weighted by atomic mass is 16.1. The van der Waals surface area contributed by atoms with Crippen LogP contribution in [0.3, 0.4) is 0 Å². The summed E-state index contributed by atoms with van der Waals surface area (Å²) in [5.74, 6) is 1.92. The van der Waals surface area contributed by atoms with Crippen LogP contribution in [-0.2, 0) is 24.4 Å². The molecule has 0 saturated heterocycles. The SMILES string of the molecule is CN1CCn2cc(CNC(=O)CC3CC3)nc2C1. The number of aromatic nitrogens is 2. The lowest BCUT2D eigenvalue weighted by Gasteiger charge is -2.22. The summed E-state index contributed by atoms with van der Waals surface area (Å²) >= 11 is 0. The molecule has 2 heterocycles. The Morgan fingerprint density at radius 1 is 1.50 bits per heavy atom. The number of likely N-dealkylation sites (N-methyl/N-ethyl adjacent to an activating group) is 1. The summed E-state index contributed by atoms with van der Waals surface area (Å²) in [5, 5.41) is 2.96. The monoisotopic (exact) mass is 248 g/mol. The molecular weight excluding hydrogens is 228 g/mol. The van der Waals surface area contributed by atoms with Gasteiger partial charge in [-0.3, -0.25) is 9.69 Å². The zero-order chi connectivity index (χ0) is 12.5. The minimum atomic E-state index is 0.167. The molecule has 1 aromatic heterocycles. The molecule has 1 saturated carbocycles. The van der Waals surface area contributed by atoms with Crippen molar-refractivity contribution >= 4 is 5.91 Å². The standard InChI is InChI=1S/C13H20N4O/c1-16-4-5-17-8-11(15-12(17)9-16)7-14-13(18)6-10-2-3-10/h8,10H,2-7,9H2,1H3,(H,14,18). The molecule has 0 atom stereocenters. The molecule has 0 radical (unpaired) electrons. The smallest absolute Gasteiger partial charge is 0.220 e. The Balaban J connectivity index is 1.54. The van der Waals surface area contributed by atoms with Crippen LogP contribution in [0.15, 0.2) is 6.20 Å². The molecule has 0 unspecified atom stereocenters. The zero-order valence-corrected chi connectivity index (χ0v) is 10.9. The van der Waals surface area contributed by atoms with Crippen LogP contribution >= 0.6 is 0 Å². The highest BCUT2D eigenvalue weighted by Crippen LogP contribution is 2.32. The van der Waals surface area contributed by atoms with E-state index < -0.39 is 0 Å². The van der Waals surface area contributed by atoms with Gasteiger partial charge in [-0.25, -0.2) is 4.98 Å². The first-order valence-electron chi connectivity index (χ1n) is 6.71. The molecule has 1 aliphatic heterocycles. The summed E-state index contributed by atoms with van der Waals surface area (Å²) in [4.78, 5) is 18.4. The van der Waals surface area contributed by atoms with Crippen LogP contribution in [0.5, 0.6) is 0 Å². The van der Waals surface area contributed by atoms with Crippen molar-refractivity contribution in [1.82, 2.24) is 19.8 Å². The maximum Gasteiger partial charge on any atom is 0.220 e. The van der Waals surface area contributed by atoms with E-state index in [0.29, 0.717) is 18.9 Å². The summed E-state index contributed by atoms with van der Waals surface area (Å²) in [7, 11) is 2.11. The predicted octanol–water partition coefficient (Wildman–Crippen LogP) is 0.745. The molecule has 3 rings (SSSR count). The van der Waals surface area contributed by atoms with Crippen molar-refractivity contribution in [2.24, 2.45) is 5.92 Å². The second-order valence-corrected chi connectivity index (χ2v) is 5.50. The predicted molar refractivity (Wildman–Crippen MR) is 67.7 cm³/mol. The molecule has 1 amide bonds. The molecule has 5 heteroatoms. The van der Waals surface area contributed by atoms with E-state index in [1.54, 1.807) is 0 Å². The maximum absolute atomic E-state index is 11.6. The number of amides is 1. The van der Waals surface area contributed by atoms with Crippen LogP contribution in [0, 0.1) is 5.92 Å². The third-order valence-corrected chi connectivity index (χ3v) is 3.68. The van der Waals surface area contributed by atoms with Crippen LogP contribution < -0.4 is 5.32 Å². The zero-order valence-electron chi connectivity index (χ0n) is 10.9. The van der Waals surface area contributed by atoms with Gasteiger partial charge in [0.2, 0.25) is 5.91 Å². The van der Waals surface area contributed by atoms with Crippen molar-refractivity contribution in [2.75, 3.05) is 13.6 Å². The molecule has 18 heavy (non-hydrogen) atoms. The molecule has 2 aliphatic rings. The lowest BCUT2D eigenvalue weighted by molar-refractivity contribution is -0.121. The normalized spacial score (nSPS) is 19.6. The van der Waals surface area contributed by atoms with Crippen molar-refractivity contribution in [3.63, 3.8) is 0 Å². The number of nitrogens with one attached hydrogen (secondary N) is 1. The summed E-state index contributed by atoms with van der Waals surface area (Å²) in [6.45, 7) is 3.52. The first-order chi connectivity index (χ1) is 8.70. The lowest BCUT2D eigenvalue weighted by atomic mass is 10.3. The van der Waals surface area contributed by atoms with Gasteiger partial charge in [-0.2, -0.15) is 0 Å². The number of hydrogen-bond acceptors (Lipinski definition) is 3. The minimum absolute atomic E-state index is 0.167. The fraction of sp³-hybridized carbons (Fsp3) is 0.692. The van der Waals surface area contributed by atoms with Gasteiger partial charge in [-0.05, 0) is 25.8 Å². The van der Waals surface area contributed by atoms with Gasteiger partial charge in [-0.1, -0.05) is 0 Å². The van der Waals surface area contributed by atoms with Crippen LogP contribution in [0.1, 0.15) is 30.8 Å². The van der Waals surface area contributed by atoms with E-state index >= 15 is 0 Å². The van der Waals surface area contributed by atoms with E-state index in [4.69, 9.17) is 0 Å². The van der Waals surface area contributed by atoms with Gasteiger partial charge in [0.25, 0.3) is 0 Å². The fourth-order valence-electron chi connectivity index (χ4n) is 2.36. The maximum atomic E-state index is 11.6. The number of carbonyl (C=O) groups is 1. The summed E-state index contributed by atoms with van der Waals surface area (Å²) < 4.78 is 2.20. The van der Waals surface area contributed by atoms with Crippen molar-refractivity contribution in [1.29, 1.82) is 0 Å². The molecule has 5 nitrogen and oxygen atoms in total. The largest absolute Gasteiger partial charge is 0.350 e. The Labute approximate surface area is 107 Å². The van der Waals surface area contributed by atoms with Crippen molar-refractivity contribution < 1.29 is 4.79 Å². The molecule has 1 aromatic rings. The molecule has 1 fully saturated rings. The molecule has 0 aromatic carbocycles. The fourth-order valence-corrected chi connectivity index (χ4v) is 2.36. The molecular formula is C13H20N4O. The first-order valence-corrected chi connectivity index (χ1v) is 6.71. The van der Waals surface area contributed by atoms with E-state index in [2.05, 4.69) is 33.0 Å². The van der Waals surface area contributed by atoms with Gasteiger partial charge in [0.15, 0.2) is 0 Å². The Morgan fingerprint density at radius 2 is 2.33 bits per heavy atom. The van der Waals surface area contributed by atoms with Crippen LogP contribution in [0.4, 0.5) is 0 Å². The number of fused-ring (bicyclic) bond motifs is 1. The van der Waals surface area contributed by atoms with Gasteiger partial charge in [-0.15, -0.1) is 0 Å². The van der Waals surface area contributed by atoms with E-state index in [0.717, 1.165) is 31.2 Å². The molecule has 0 bridgehead atoms. The summed E-state index contributed by atoms with van der Waals surface area (Å²) in [6, 6.07) is 0. The van der Waals surface area contributed by atoms with Gasteiger partial charge >= 0.3 is 0 Å². The Hall–Kier alpha value is -1.36. The Morgan fingerprint density at radius 3 is 3.11 bits per heavy atom. The third-order valence-electron chi connectivity index (χ3n) is 3.68. The van der Waals surface area contributed by atoms with Crippen LogP contribution in [-0.4, -0.2) is 34.0 Å². The van der Waals surface area contributed by atoms with Crippen LogP contribution in [0.2, 0.25) is 0 Å². The minimum Gasteiger partial charge on any atom is -0.350 e. The topological polar surface area (TPSA) is 50.2 Å². The average Bonchev–Trinajstić information content (AvgIpc) is 3.04. The average molecular weight is 248 g/mol. The van der Waals surface area contributed by atoms with Gasteiger partial charge in [0, 0.05) is 25.7 Å². The van der Waals surface area contributed by atoms with Crippen molar-refractivity contribution in [3.05, 3.63) is 17.7 Å².